The first-order valence-corrected chi connectivity index (χ1v) is 11.9. The maximum Gasteiger partial charge on any atom is 0.251 e. The zero-order chi connectivity index (χ0) is 24.1. The molecule has 3 aromatic rings. The molecule has 0 bridgehead atoms. The van der Waals surface area contributed by atoms with Gasteiger partial charge in [-0.2, -0.15) is 0 Å². The lowest BCUT2D eigenvalue weighted by molar-refractivity contribution is -0.113. The molecule has 174 valence electrons. The first kappa shape index (κ1) is 24.5. The van der Waals surface area contributed by atoms with E-state index in [9.17, 15) is 9.59 Å². The van der Waals surface area contributed by atoms with Crippen molar-refractivity contribution in [3.05, 3.63) is 70.5 Å². The minimum atomic E-state index is -0.311. The molecule has 8 heteroatoms. The number of anilines is 1. The number of aromatic nitrogens is 3. The molecular formula is C25H31N5O2S. The Morgan fingerprint density at radius 3 is 2.39 bits per heavy atom. The van der Waals surface area contributed by atoms with E-state index in [0.717, 1.165) is 22.4 Å². The van der Waals surface area contributed by atoms with Crippen molar-refractivity contribution in [2.45, 2.75) is 45.8 Å². The molecule has 2 N–H and O–H groups in total. The molecule has 1 atom stereocenters. The van der Waals surface area contributed by atoms with E-state index in [1.165, 1.54) is 11.8 Å². The smallest absolute Gasteiger partial charge is 0.251 e. The third-order valence-corrected chi connectivity index (χ3v) is 6.65. The van der Waals surface area contributed by atoms with Gasteiger partial charge in [0.1, 0.15) is 0 Å². The molecule has 0 radical (unpaired) electrons. The van der Waals surface area contributed by atoms with E-state index in [1.807, 2.05) is 88.7 Å². The summed E-state index contributed by atoms with van der Waals surface area (Å²) in [6.45, 7) is 10.0. The monoisotopic (exact) mass is 465 g/mol. The van der Waals surface area contributed by atoms with Crippen LogP contribution in [-0.4, -0.2) is 32.3 Å². The minimum absolute atomic E-state index is 0.104. The van der Waals surface area contributed by atoms with Crippen LogP contribution in [0.1, 0.15) is 52.8 Å². The van der Waals surface area contributed by atoms with Gasteiger partial charge in [0, 0.05) is 18.3 Å². The van der Waals surface area contributed by atoms with Gasteiger partial charge in [-0.15, -0.1) is 10.2 Å². The summed E-state index contributed by atoms with van der Waals surface area (Å²) in [4.78, 5) is 25.3. The Kier molecular flexibility index (Phi) is 7.92. The minimum Gasteiger partial charge on any atom is -0.342 e. The number of thioether (sulfide) groups is 1. The Bertz CT molecular complexity index is 1140. The molecule has 2 aromatic carbocycles. The highest BCUT2D eigenvalue weighted by Crippen LogP contribution is 2.25. The van der Waals surface area contributed by atoms with Gasteiger partial charge in [0.15, 0.2) is 11.0 Å². The molecule has 1 aromatic heterocycles. The van der Waals surface area contributed by atoms with E-state index in [1.54, 1.807) is 0 Å². The summed E-state index contributed by atoms with van der Waals surface area (Å²) in [5, 5.41) is 15.3. The maximum absolute atomic E-state index is 12.8. The van der Waals surface area contributed by atoms with Gasteiger partial charge in [0.25, 0.3) is 5.91 Å². The van der Waals surface area contributed by atoms with Crippen molar-refractivity contribution in [1.82, 2.24) is 20.1 Å². The molecule has 0 aliphatic rings. The number of rotatable bonds is 8. The highest BCUT2D eigenvalue weighted by atomic mass is 32.2. The van der Waals surface area contributed by atoms with Gasteiger partial charge in [0.05, 0.1) is 11.8 Å². The third kappa shape index (κ3) is 6.01. The zero-order valence-electron chi connectivity index (χ0n) is 20.0. The maximum atomic E-state index is 12.8. The standard InChI is InChI=1S/C25H31N5O2S/c1-15(2)22(27-24(32)19-12-10-16(3)11-13-19)23-28-29-25(30(23)6)33-14-21(31)26-20-9-7-8-17(4)18(20)5/h7-13,15,22H,14H2,1-6H3,(H,26,31)(H,27,32)/t22-/m1/s1. The second-order valence-corrected chi connectivity index (χ2v) is 9.49. The average molecular weight is 466 g/mol. The van der Waals surface area contributed by atoms with Gasteiger partial charge in [-0.05, 0) is 56.0 Å². The van der Waals surface area contributed by atoms with Crippen molar-refractivity contribution >= 4 is 29.3 Å². The van der Waals surface area contributed by atoms with Crippen molar-refractivity contribution in [1.29, 1.82) is 0 Å². The molecule has 7 nitrogen and oxygen atoms in total. The van der Waals surface area contributed by atoms with Crippen LogP contribution in [0.15, 0.2) is 47.6 Å². The number of hydrogen-bond acceptors (Lipinski definition) is 5. The van der Waals surface area contributed by atoms with Gasteiger partial charge in [0.2, 0.25) is 5.91 Å². The van der Waals surface area contributed by atoms with E-state index in [0.29, 0.717) is 16.5 Å². The van der Waals surface area contributed by atoms with Crippen LogP contribution in [0.2, 0.25) is 0 Å². The molecule has 0 unspecified atom stereocenters. The van der Waals surface area contributed by atoms with Crippen LogP contribution >= 0.6 is 11.8 Å². The molecule has 0 spiro atoms. The normalized spacial score (nSPS) is 12.0. The zero-order valence-corrected chi connectivity index (χ0v) is 20.8. The Morgan fingerprint density at radius 2 is 1.73 bits per heavy atom. The van der Waals surface area contributed by atoms with Gasteiger partial charge >= 0.3 is 0 Å². The molecule has 0 fully saturated rings. The van der Waals surface area contributed by atoms with Gasteiger partial charge in [-0.1, -0.05) is 55.4 Å². The Hall–Kier alpha value is -3.13. The summed E-state index contributed by atoms with van der Waals surface area (Å²) in [7, 11) is 1.85. The number of nitrogens with one attached hydrogen (secondary N) is 2. The number of aryl methyl sites for hydroxylation is 2. The lowest BCUT2D eigenvalue weighted by Gasteiger charge is -2.21. The van der Waals surface area contributed by atoms with Crippen LogP contribution in [0.5, 0.6) is 0 Å². The van der Waals surface area contributed by atoms with E-state index in [2.05, 4.69) is 20.8 Å². The number of hydrogen-bond donors (Lipinski definition) is 2. The van der Waals surface area contributed by atoms with Crippen LogP contribution in [0.25, 0.3) is 0 Å². The van der Waals surface area contributed by atoms with Crippen molar-refractivity contribution in [2.75, 3.05) is 11.1 Å². The highest BCUT2D eigenvalue weighted by molar-refractivity contribution is 7.99. The van der Waals surface area contributed by atoms with Gasteiger partial charge in [-0.3, -0.25) is 9.59 Å². The van der Waals surface area contributed by atoms with Gasteiger partial charge < -0.3 is 15.2 Å². The van der Waals surface area contributed by atoms with Crippen LogP contribution in [0.4, 0.5) is 5.69 Å². The number of nitrogens with zero attached hydrogens (tertiary/aromatic N) is 3. The summed E-state index contributed by atoms with van der Waals surface area (Å²) in [5.74, 6) is 0.710. The molecule has 0 aliphatic heterocycles. The van der Waals surface area contributed by atoms with Crippen molar-refractivity contribution < 1.29 is 9.59 Å². The summed E-state index contributed by atoms with van der Waals surface area (Å²) in [6.07, 6.45) is 0. The van der Waals surface area contributed by atoms with Crippen LogP contribution in [-0.2, 0) is 11.8 Å². The molecule has 0 aliphatic carbocycles. The SMILES string of the molecule is Cc1ccc(C(=O)N[C@@H](c2nnc(SCC(=O)Nc3cccc(C)c3C)n2C)C(C)C)cc1. The van der Waals surface area contributed by atoms with Crippen molar-refractivity contribution in [3.8, 4) is 0 Å². The number of amides is 2. The van der Waals surface area contributed by atoms with Crippen LogP contribution < -0.4 is 10.6 Å². The first-order valence-electron chi connectivity index (χ1n) is 10.9. The summed E-state index contributed by atoms with van der Waals surface area (Å²) in [6, 6.07) is 13.0. The van der Waals surface area contributed by atoms with E-state index < -0.39 is 0 Å². The molecule has 0 saturated heterocycles. The van der Waals surface area contributed by atoms with Crippen molar-refractivity contribution in [2.24, 2.45) is 13.0 Å². The fraction of sp³-hybridized carbons (Fsp3) is 0.360. The van der Waals surface area contributed by atoms with E-state index >= 15 is 0 Å². The van der Waals surface area contributed by atoms with Crippen LogP contribution in [0.3, 0.4) is 0 Å². The Morgan fingerprint density at radius 1 is 1.03 bits per heavy atom. The second kappa shape index (κ2) is 10.7. The molecule has 3 rings (SSSR count). The predicted molar refractivity (Wildman–Crippen MR) is 132 cm³/mol. The lowest BCUT2D eigenvalue weighted by Crippen LogP contribution is -2.33. The van der Waals surface area contributed by atoms with Crippen LogP contribution in [0, 0.1) is 26.7 Å². The first-order chi connectivity index (χ1) is 15.7. The fourth-order valence-corrected chi connectivity index (χ4v) is 4.10. The number of carbonyl (C=O) groups is 2. The number of carbonyl (C=O) groups excluding carboxylic acids is 2. The molecule has 2 amide bonds. The Labute approximate surface area is 199 Å². The summed E-state index contributed by atoms with van der Waals surface area (Å²) in [5.41, 5.74) is 4.71. The van der Waals surface area contributed by atoms with E-state index in [-0.39, 0.29) is 29.5 Å². The van der Waals surface area contributed by atoms with E-state index in [4.69, 9.17) is 0 Å². The lowest BCUT2D eigenvalue weighted by atomic mass is 10.0. The molecule has 33 heavy (non-hydrogen) atoms. The fourth-order valence-electron chi connectivity index (χ4n) is 3.38. The van der Waals surface area contributed by atoms with Crippen molar-refractivity contribution in [3.63, 3.8) is 0 Å². The highest BCUT2D eigenvalue weighted by Gasteiger charge is 2.25. The topological polar surface area (TPSA) is 88.9 Å². The van der Waals surface area contributed by atoms with Gasteiger partial charge in [-0.25, -0.2) is 0 Å². The second-order valence-electron chi connectivity index (χ2n) is 8.55. The summed E-state index contributed by atoms with van der Waals surface area (Å²) < 4.78 is 1.84. The largest absolute Gasteiger partial charge is 0.342 e. The Balaban J connectivity index is 1.67. The summed E-state index contributed by atoms with van der Waals surface area (Å²) >= 11 is 1.32. The molecule has 1 heterocycles. The molecule has 0 saturated carbocycles. The average Bonchev–Trinajstić information content (AvgIpc) is 3.14. The predicted octanol–water partition coefficient (Wildman–Crippen LogP) is 4.60. The number of benzene rings is 2. The molecular weight excluding hydrogens is 434 g/mol. The third-order valence-electron chi connectivity index (χ3n) is 5.62. The quantitative estimate of drug-likeness (QED) is 0.475.